The predicted molar refractivity (Wildman–Crippen MR) is 104 cm³/mol. The van der Waals surface area contributed by atoms with Gasteiger partial charge in [0.05, 0.1) is 10.9 Å². The van der Waals surface area contributed by atoms with Crippen molar-refractivity contribution in [1.29, 1.82) is 0 Å². The molecule has 2 aromatic carbocycles. The molecular formula is C21H17N3O2. The molecule has 1 aromatic heterocycles. The summed E-state index contributed by atoms with van der Waals surface area (Å²) in [5, 5.41) is 14.5. The van der Waals surface area contributed by atoms with Gasteiger partial charge in [-0.2, -0.15) is 0 Å². The number of hydrogen-bond donors (Lipinski definition) is 2. The zero-order chi connectivity index (χ0) is 18.7. The maximum atomic E-state index is 11.2. The highest BCUT2D eigenvalue weighted by molar-refractivity contribution is 5.95. The number of pyridine rings is 1. The van der Waals surface area contributed by atoms with E-state index in [1.165, 1.54) is 6.07 Å². The van der Waals surface area contributed by atoms with Crippen molar-refractivity contribution in [3.05, 3.63) is 64.0 Å². The van der Waals surface area contributed by atoms with Gasteiger partial charge in [-0.1, -0.05) is 30.8 Å². The first kappa shape index (κ1) is 17.2. The van der Waals surface area contributed by atoms with Gasteiger partial charge < -0.3 is 10.4 Å². The lowest BCUT2D eigenvalue weighted by molar-refractivity contribution is 0.0697. The molecule has 26 heavy (non-hydrogen) atoms. The number of aryl methyl sites for hydroxylation is 1. The smallest absolute Gasteiger partial charge is 0.344 e. The number of aromatic carboxylic acids is 1. The summed E-state index contributed by atoms with van der Waals surface area (Å²) >= 11 is 0. The minimum atomic E-state index is -1.07. The van der Waals surface area contributed by atoms with E-state index in [2.05, 4.69) is 34.0 Å². The van der Waals surface area contributed by atoms with Crippen LogP contribution in [0.2, 0.25) is 0 Å². The van der Waals surface area contributed by atoms with E-state index < -0.39 is 5.97 Å². The van der Waals surface area contributed by atoms with Gasteiger partial charge in [-0.15, -0.1) is 0 Å². The second kappa shape index (κ2) is 7.08. The van der Waals surface area contributed by atoms with Gasteiger partial charge in [0.25, 0.3) is 0 Å². The van der Waals surface area contributed by atoms with Crippen molar-refractivity contribution in [1.82, 2.24) is 4.98 Å². The van der Waals surface area contributed by atoms with Crippen LogP contribution >= 0.6 is 0 Å². The van der Waals surface area contributed by atoms with Crippen molar-refractivity contribution in [2.45, 2.75) is 6.92 Å². The molecule has 5 nitrogen and oxygen atoms in total. The first-order chi connectivity index (χ1) is 12.5. The molecule has 0 amide bonds. The molecule has 0 radical (unpaired) electrons. The summed E-state index contributed by atoms with van der Waals surface area (Å²) in [7, 11) is 1.68. The van der Waals surface area contributed by atoms with Crippen LogP contribution in [-0.4, -0.2) is 29.3 Å². The molecule has 0 unspecified atom stereocenters. The van der Waals surface area contributed by atoms with Crippen LogP contribution in [0, 0.1) is 19.1 Å². The van der Waals surface area contributed by atoms with E-state index >= 15 is 0 Å². The molecule has 1 heterocycles. The third-order valence-corrected chi connectivity index (χ3v) is 3.88. The van der Waals surface area contributed by atoms with E-state index in [0.717, 1.165) is 16.5 Å². The topological polar surface area (TPSA) is 74.6 Å². The quantitative estimate of drug-likeness (QED) is 0.714. The van der Waals surface area contributed by atoms with Crippen molar-refractivity contribution in [3.63, 3.8) is 0 Å². The number of anilines is 2. The number of aromatic nitrogens is 1. The van der Waals surface area contributed by atoms with Gasteiger partial charge in [-0.25, -0.2) is 9.78 Å². The van der Waals surface area contributed by atoms with Crippen LogP contribution in [0.15, 0.2) is 35.3 Å². The minimum Gasteiger partial charge on any atom is -0.477 e. The molecule has 0 saturated heterocycles. The summed E-state index contributed by atoms with van der Waals surface area (Å²) in [5.74, 6) is -0.499. The number of benzene rings is 1. The summed E-state index contributed by atoms with van der Waals surface area (Å²) in [6, 6.07) is 14.9. The highest BCUT2D eigenvalue weighted by atomic mass is 16.4. The van der Waals surface area contributed by atoms with Crippen molar-refractivity contribution >= 4 is 47.2 Å². The maximum absolute atomic E-state index is 11.2. The van der Waals surface area contributed by atoms with Crippen LogP contribution in [0.4, 0.5) is 11.5 Å². The van der Waals surface area contributed by atoms with Gasteiger partial charge >= 0.3 is 5.97 Å². The fourth-order valence-electron chi connectivity index (χ4n) is 2.61. The van der Waals surface area contributed by atoms with E-state index in [0.29, 0.717) is 21.9 Å². The van der Waals surface area contributed by atoms with Gasteiger partial charge in [-0.05, 0) is 42.0 Å². The zero-order valence-electron chi connectivity index (χ0n) is 14.5. The predicted octanol–water partition coefficient (Wildman–Crippen LogP) is 2.48. The molecule has 3 rings (SSSR count). The Balaban J connectivity index is 2.27. The number of carboxylic acid groups (broad SMARTS) is 1. The van der Waals surface area contributed by atoms with Crippen LogP contribution in [0.1, 0.15) is 15.9 Å². The Bertz CT molecular complexity index is 1130. The molecule has 0 fully saturated rings. The van der Waals surface area contributed by atoms with Gasteiger partial charge in [0.2, 0.25) is 0 Å². The van der Waals surface area contributed by atoms with Crippen molar-refractivity contribution in [3.8, 4) is 0 Å². The second-order valence-corrected chi connectivity index (χ2v) is 5.79. The summed E-state index contributed by atoms with van der Waals surface area (Å²) in [5.41, 5.74) is 2.50. The van der Waals surface area contributed by atoms with Gasteiger partial charge in [0, 0.05) is 24.2 Å². The number of nitrogens with zero attached hydrogens (tertiary/aromatic N) is 2. The number of carboxylic acids is 1. The largest absolute Gasteiger partial charge is 0.477 e. The van der Waals surface area contributed by atoms with Crippen molar-refractivity contribution < 1.29 is 9.90 Å². The molecule has 0 saturated carbocycles. The molecule has 128 valence electrons. The molecule has 5 heteroatoms. The van der Waals surface area contributed by atoms with Crippen molar-refractivity contribution in [2.24, 2.45) is 4.99 Å². The lowest BCUT2D eigenvalue weighted by Crippen LogP contribution is -2.28. The molecule has 0 bridgehead atoms. The number of rotatable bonds is 4. The molecule has 0 spiro atoms. The molecule has 3 aromatic rings. The number of fused-ring (bicyclic) bond motifs is 1. The van der Waals surface area contributed by atoms with E-state index in [-0.39, 0.29) is 5.56 Å². The van der Waals surface area contributed by atoms with Crippen LogP contribution in [0.5, 0.6) is 0 Å². The first-order valence-corrected chi connectivity index (χ1v) is 7.95. The molecule has 0 aliphatic rings. The monoisotopic (exact) mass is 343 g/mol. The SMILES string of the molecule is C=c1/c(=C\C=NC)c(Nc2cccc(C)c2)nc2cc(C(=O)O)c#cc12. The summed E-state index contributed by atoms with van der Waals surface area (Å²) < 4.78 is 0. The van der Waals surface area contributed by atoms with Crippen LogP contribution in [0.3, 0.4) is 0 Å². The van der Waals surface area contributed by atoms with Gasteiger partial charge in [-0.3, -0.25) is 4.99 Å². The van der Waals surface area contributed by atoms with E-state index in [1.807, 2.05) is 37.3 Å². The number of carbonyl (C=O) groups is 1. The van der Waals surface area contributed by atoms with Crippen molar-refractivity contribution in [2.75, 3.05) is 12.4 Å². The van der Waals surface area contributed by atoms with Gasteiger partial charge in [0.15, 0.2) is 0 Å². The summed E-state index contributed by atoms with van der Waals surface area (Å²) in [4.78, 5) is 19.8. The zero-order valence-corrected chi connectivity index (χ0v) is 14.5. The average molecular weight is 343 g/mol. The third-order valence-electron chi connectivity index (χ3n) is 3.88. The number of nitrogens with one attached hydrogen (secondary N) is 1. The lowest BCUT2D eigenvalue weighted by atomic mass is 10.1. The number of aliphatic imine (C=N–C) groups is 1. The Kier molecular flexibility index (Phi) is 4.68. The molecule has 0 aliphatic carbocycles. The summed E-state index contributed by atoms with van der Waals surface area (Å²) in [6.07, 6.45) is 3.47. The Labute approximate surface area is 151 Å². The fraction of sp³-hybridized carbons (Fsp3) is 0.0952. The molecular weight excluding hydrogens is 326 g/mol. The average Bonchev–Trinajstić information content (AvgIpc) is 2.61. The Morgan fingerprint density at radius 2 is 2.15 bits per heavy atom. The van der Waals surface area contributed by atoms with E-state index in [1.54, 1.807) is 13.3 Å². The van der Waals surface area contributed by atoms with Crippen LogP contribution in [-0.2, 0) is 0 Å². The lowest BCUT2D eigenvalue weighted by Gasteiger charge is -2.09. The first-order valence-electron chi connectivity index (χ1n) is 7.95. The fourth-order valence-corrected chi connectivity index (χ4v) is 2.61. The molecule has 2 N–H and O–H groups in total. The number of hydrogen-bond acceptors (Lipinski definition) is 4. The van der Waals surface area contributed by atoms with Crippen LogP contribution < -0.4 is 15.8 Å². The van der Waals surface area contributed by atoms with E-state index in [4.69, 9.17) is 0 Å². The minimum absolute atomic E-state index is 0.0118. The van der Waals surface area contributed by atoms with E-state index in [9.17, 15) is 9.90 Å². The Morgan fingerprint density at radius 3 is 2.85 bits per heavy atom. The highest BCUT2D eigenvalue weighted by Gasteiger charge is 2.08. The maximum Gasteiger partial charge on any atom is 0.344 e. The molecule has 0 aliphatic heterocycles. The Hall–Kier alpha value is -3.65. The highest BCUT2D eigenvalue weighted by Crippen LogP contribution is 2.15. The molecule has 0 atom stereocenters. The third kappa shape index (κ3) is 3.40. The second-order valence-electron chi connectivity index (χ2n) is 5.79. The normalized spacial score (nSPS) is 11.7. The Morgan fingerprint density at radius 1 is 1.35 bits per heavy atom. The summed E-state index contributed by atoms with van der Waals surface area (Å²) in [6.45, 7) is 6.13. The van der Waals surface area contributed by atoms with Crippen LogP contribution in [0.25, 0.3) is 23.6 Å². The van der Waals surface area contributed by atoms with Gasteiger partial charge in [0.1, 0.15) is 11.4 Å². The standard InChI is InChI=1S/C21H17N3O2/c1-13-5-4-6-16(11-13)23-20-18(9-10-22-3)14(2)17-8-7-15(21(25)26)12-19(17)24-20/h4-6,9-12H,2H2,1,3H3,(H,23,24)(H,25,26)/b18-9+,22-10?.